The van der Waals surface area contributed by atoms with Gasteiger partial charge in [0.2, 0.25) is 0 Å². The molecule has 0 spiro atoms. The Morgan fingerprint density at radius 1 is 0.872 bits per heavy atom. The molecule has 0 radical (unpaired) electrons. The van der Waals surface area contributed by atoms with E-state index >= 15 is 0 Å². The van der Waals surface area contributed by atoms with Gasteiger partial charge in [0.25, 0.3) is 0 Å². The van der Waals surface area contributed by atoms with Gasteiger partial charge >= 0.3 is 0 Å². The van der Waals surface area contributed by atoms with Crippen LogP contribution in [-0.2, 0) is 10.0 Å². The van der Waals surface area contributed by atoms with Gasteiger partial charge < -0.3 is 9.33 Å². The van der Waals surface area contributed by atoms with Crippen molar-refractivity contribution in [2.24, 2.45) is 0 Å². The van der Waals surface area contributed by atoms with Crippen molar-refractivity contribution in [3.63, 3.8) is 0 Å². The van der Waals surface area contributed by atoms with Gasteiger partial charge in [-0.25, -0.2) is 9.97 Å². The summed E-state index contributed by atoms with van der Waals surface area (Å²) in [5, 5.41) is 1.66. The lowest BCUT2D eigenvalue weighted by Gasteiger charge is -2.47. The molecule has 202 valence electrons. The molecule has 0 bridgehead atoms. The van der Waals surface area contributed by atoms with Gasteiger partial charge in [-0.1, -0.05) is 116 Å². The quantitative estimate of drug-likeness (QED) is 0.165. The number of halogens is 3. The van der Waals surface area contributed by atoms with E-state index in [2.05, 4.69) is 79.2 Å². The van der Waals surface area contributed by atoms with Gasteiger partial charge in [-0.15, -0.1) is 0 Å². The van der Waals surface area contributed by atoms with Gasteiger partial charge in [0.1, 0.15) is 22.4 Å². The van der Waals surface area contributed by atoms with Crippen LogP contribution in [-0.4, -0.2) is 26.3 Å². The molecule has 8 heteroatoms. The van der Waals surface area contributed by atoms with Gasteiger partial charge in [0, 0.05) is 23.0 Å². The van der Waals surface area contributed by atoms with E-state index in [1.807, 2.05) is 31.2 Å². The Bertz CT molecular complexity index is 1420. The van der Waals surface area contributed by atoms with Gasteiger partial charge in [0.05, 0.1) is 10.7 Å². The molecule has 0 N–H and O–H groups in total. The SMILES string of the molecule is Cc1nc(Cl)c2c(n1)N(c1ccc(Cl)cc1Cl)CCC2C(O[SiH2]C(C)(C)C)(c1ccccc1)c1ccccc1. The zero-order valence-electron chi connectivity index (χ0n) is 22.6. The summed E-state index contributed by atoms with van der Waals surface area (Å²) in [5.74, 6) is 1.22. The molecule has 4 aromatic rings. The van der Waals surface area contributed by atoms with E-state index in [0.29, 0.717) is 27.6 Å². The van der Waals surface area contributed by atoms with Gasteiger partial charge in [0.15, 0.2) is 9.76 Å². The highest BCUT2D eigenvalue weighted by atomic mass is 35.5. The van der Waals surface area contributed by atoms with Crippen LogP contribution in [0.2, 0.25) is 20.2 Å². The van der Waals surface area contributed by atoms with Crippen LogP contribution in [0, 0.1) is 6.92 Å². The monoisotopic (exact) mass is 595 g/mol. The molecule has 0 saturated carbocycles. The lowest BCUT2D eigenvalue weighted by molar-refractivity contribution is 0.0733. The van der Waals surface area contributed by atoms with Crippen LogP contribution in [0.5, 0.6) is 0 Å². The molecule has 39 heavy (non-hydrogen) atoms. The average Bonchev–Trinajstić information content (AvgIpc) is 2.90. The third-order valence-corrected chi connectivity index (χ3v) is 9.36. The first kappa shape index (κ1) is 28.1. The van der Waals surface area contributed by atoms with Crippen LogP contribution < -0.4 is 4.90 Å². The van der Waals surface area contributed by atoms with Crippen molar-refractivity contribution in [3.8, 4) is 0 Å². The second-order valence-corrected chi connectivity index (χ2v) is 15.1. The first-order valence-electron chi connectivity index (χ1n) is 13.1. The smallest absolute Gasteiger partial charge is 0.168 e. The van der Waals surface area contributed by atoms with Crippen LogP contribution >= 0.6 is 34.8 Å². The topological polar surface area (TPSA) is 38.2 Å². The molecule has 1 aromatic heterocycles. The highest BCUT2D eigenvalue weighted by Gasteiger charge is 2.49. The number of fused-ring (bicyclic) bond motifs is 1. The van der Waals surface area contributed by atoms with Crippen molar-refractivity contribution < 1.29 is 4.43 Å². The number of anilines is 2. The zero-order valence-corrected chi connectivity index (χ0v) is 26.3. The van der Waals surface area contributed by atoms with Crippen LogP contribution in [0.3, 0.4) is 0 Å². The Kier molecular flexibility index (Phi) is 8.09. The summed E-state index contributed by atoms with van der Waals surface area (Å²) in [4.78, 5) is 11.7. The summed E-state index contributed by atoms with van der Waals surface area (Å²) in [6.45, 7) is 9.28. The number of hydrogen-bond donors (Lipinski definition) is 0. The largest absolute Gasteiger partial charge is 0.409 e. The highest BCUT2D eigenvalue weighted by Crippen LogP contribution is 2.54. The lowest BCUT2D eigenvalue weighted by atomic mass is 9.70. The Balaban J connectivity index is 1.78. The van der Waals surface area contributed by atoms with Crippen molar-refractivity contribution in [1.29, 1.82) is 0 Å². The molecule has 5 rings (SSSR count). The zero-order chi connectivity index (χ0) is 27.8. The van der Waals surface area contributed by atoms with E-state index in [4.69, 9.17) is 44.2 Å². The lowest BCUT2D eigenvalue weighted by Crippen LogP contribution is -2.44. The second-order valence-electron chi connectivity index (χ2n) is 11.2. The number of nitrogens with zero attached hydrogens (tertiary/aromatic N) is 3. The first-order valence-corrected chi connectivity index (χ1v) is 15.5. The Morgan fingerprint density at radius 2 is 1.49 bits per heavy atom. The van der Waals surface area contributed by atoms with E-state index in [0.717, 1.165) is 34.6 Å². The molecule has 0 fully saturated rings. The van der Waals surface area contributed by atoms with Crippen LogP contribution in [0.4, 0.5) is 11.5 Å². The standard InChI is InChI=1S/C31H32Cl3N3OSi/c1-20-35-28(34)27-24(17-18-37(29(27)36-20)26-16-15-23(32)19-25(26)33)31(38-39-30(2,3)4,21-11-7-5-8-12-21)22-13-9-6-10-14-22/h5-16,19,24H,17-18,39H2,1-4H3. The Labute approximate surface area is 248 Å². The van der Waals surface area contributed by atoms with E-state index < -0.39 is 15.4 Å². The minimum atomic E-state index is -1.02. The van der Waals surface area contributed by atoms with Crippen molar-refractivity contribution in [2.45, 2.75) is 50.7 Å². The summed E-state index contributed by atoms with van der Waals surface area (Å²) in [5.41, 5.74) is 3.13. The maximum absolute atomic E-state index is 7.29. The number of rotatable bonds is 6. The number of benzene rings is 3. The number of hydrogen-bond acceptors (Lipinski definition) is 4. The summed E-state index contributed by atoms with van der Waals surface area (Å²) in [7, 11) is -1.02. The van der Waals surface area contributed by atoms with Crippen molar-refractivity contribution in [3.05, 3.63) is 117 Å². The van der Waals surface area contributed by atoms with Crippen molar-refractivity contribution in [1.82, 2.24) is 9.97 Å². The van der Waals surface area contributed by atoms with E-state index in [-0.39, 0.29) is 11.0 Å². The fourth-order valence-electron chi connectivity index (χ4n) is 5.43. The summed E-state index contributed by atoms with van der Waals surface area (Å²) in [6.07, 6.45) is 0.750. The molecule has 1 aliphatic rings. The summed E-state index contributed by atoms with van der Waals surface area (Å²) >= 11 is 20.0. The summed E-state index contributed by atoms with van der Waals surface area (Å²) in [6, 6.07) is 26.6. The van der Waals surface area contributed by atoms with E-state index in [9.17, 15) is 0 Å². The molecule has 0 aliphatic carbocycles. The van der Waals surface area contributed by atoms with Gasteiger partial charge in [-0.05, 0) is 47.7 Å². The predicted molar refractivity (Wildman–Crippen MR) is 166 cm³/mol. The average molecular weight is 597 g/mol. The van der Waals surface area contributed by atoms with E-state index in [1.165, 1.54) is 0 Å². The second kappa shape index (κ2) is 11.2. The molecule has 0 saturated heterocycles. The van der Waals surface area contributed by atoms with E-state index in [1.54, 1.807) is 6.07 Å². The molecule has 0 amide bonds. The van der Waals surface area contributed by atoms with Gasteiger partial charge in [-0.2, -0.15) is 0 Å². The van der Waals surface area contributed by atoms with Crippen molar-refractivity contribution in [2.75, 3.05) is 11.4 Å². The first-order chi connectivity index (χ1) is 18.6. The Morgan fingerprint density at radius 3 is 2.05 bits per heavy atom. The molecule has 1 atom stereocenters. The van der Waals surface area contributed by atoms with Crippen LogP contribution in [0.15, 0.2) is 78.9 Å². The molecule has 1 unspecified atom stereocenters. The maximum Gasteiger partial charge on any atom is 0.168 e. The molecular weight excluding hydrogens is 565 g/mol. The Hall–Kier alpha value is -2.41. The normalized spacial score (nSPS) is 16.1. The predicted octanol–water partition coefficient (Wildman–Crippen LogP) is 8.63. The minimum Gasteiger partial charge on any atom is -0.409 e. The molecular formula is C31H32Cl3N3OSi. The van der Waals surface area contributed by atoms with Crippen LogP contribution in [0.1, 0.15) is 55.6 Å². The fraction of sp³-hybridized carbons (Fsp3) is 0.290. The van der Waals surface area contributed by atoms with Crippen molar-refractivity contribution >= 4 is 56.1 Å². The third kappa shape index (κ3) is 5.61. The fourth-order valence-corrected chi connectivity index (χ4v) is 7.47. The molecule has 2 heterocycles. The third-order valence-electron chi connectivity index (χ3n) is 7.07. The molecule has 4 nitrogen and oxygen atoms in total. The van der Waals surface area contributed by atoms with Crippen LogP contribution in [0.25, 0.3) is 0 Å². The minimum absolute atomic E-state index is 0.0722. The maximum atomic E-state index is 7.29. The summed E-state index contributed by atoms with van der Waals surface area (Å²) < 4.78 is 7.29. The number of aryl methyl sites for hydroxylation is 1. The molecule has 3 aromatic carbocycles. The van der Waals surface area contributed by atoms with Gasteiger partial charge in [-0.3, -0.25) is 0 Å². The number of aromatic nitrogens is 2. The highest BCUT2D eigenvalue weighted by molar-refractivity contribution is 6.36. The molecule has 1 aliphatic heterocycles.